The highest BCUT2D eigenvalue weighted by Crippen LogP contribution is 2.47. The largest absolute Gasteiger partial charge is 0.455 e. The van der Waals surface area contributed by atoms with Gasteiger partial charge in [0.2, 0.25) is 0 Å². The Bertz CT molecular complexity index is 2470. The summed E-state index contributed by atoms with van der Waals surface area (Å²) in [6.07, 6.45) is 0. The number of benzene rings is 5. The van der Waals surface area contributed by atoms with Gasteiger partial charge in [-0.15, -0.1) is 0 Å². The number of aromatic amines is 1. The summed E-state index contributed by atoms with van der Waals surface area (Å²) in [6, 6.07) is 31.9. The number of ether oxygens (including phenoxy) is 1. The molecule has 0 radical (unpaired) electrons. The van der Waals surface area contributed by atoms with E-state index in [1.165, 1.54) is 6.07 Å². The second-order valence-corrected chi connectivity index (χ2v) is 12.7. The number of H-pyrrole nitrogens is 1. The quantitative estimate of drug-likeness (QED) is 0.190. The number of fused-ring (bicyclic) bond motifs is 3. The summed E-state index contributed by atoms with van der Waals surface area (Å²) in [5, 5.41) is 3.79. The van der Waals surface area contributed by atoms with E-state index >= 15 is 0 Å². The number of pyridine rings is 1. The molecule has 0 fully saturated rings. The predicted octanol–water partition coefficient (Wildman–Crippen LogP) is 6.95. The van der Waals surface area contributed by atoms with Gasteiger partial charge in [0.1, 0.15) is 10.6 Å². The molecule has 5 aromatic carbocycles. The average molecular weight is 625 g/mol. The lowest BCUT2D eigenvalue weighted by Crippen LogP contribution is -2.38. The molecule has 1 aliphatic carbocycles. The topological polar surface area (TPSA) is 130 Å². The number of carbonyl (C=O) groups excluding carboxylic acids is 1. The normalized spacial score (nSPS) is 14.1. The molecule has 0 spiro atoms. The van der Waals surface area contributed by atoms with E-state index in [2.05, 4.69) is 20.0 Å². The van der Waals surface area contributed by atoms with Crippen LogP contribution in [-0.4, -0.2) is 25.0 Å². The van der Waals surface area contributed by atoms with E-state index in [0.717, 1.165) is 11.3 Å². The van der Waals surface area contributed by atoms with Crippen LogP contribution < -0.4 is 20.3 Å². The third-order valence-corrected chi connectivity index (χ3v) is 9.44. The second-order valence-electron chi connectivity index (χ2n) is 11.1. The Kier molecular flexibility index (Phi) is 6.16. The van der Waals surface area contributed by atoms with Gasteiger partial charge in [-0.2, -0.15) is 0 Å². The lowest BCUT2D eigenvalue weighted by Gasteiger charge is -2.27. The highest BCUT2D eigenvalue weighted by Gasteiger charge is 2.36. The van der Waals surface area contributed by atoms with Crippen LogP contribution in [0.5, 0.6) is 11.5 Å². The third kappa shape index (κ3) is 4.38. The van der Waals surface area contributed by atoms with Crippen LogP contribution >= 0.6 is 0 Å². The van der Waals surface area contributed by atoms with Crippen molar-refractivity contribution >= 4 is 49.6 Å². The molecule has 3 N–H and O–H groups in total. The predicted molar refractivity (Wildman–Crippen MR) is 177 cm³/mol. The molecule has 0 bridgehead atoms. The number of aryl methyl sites for hydroxylation is 1. The Morgan fingerprint density at radius 1 is 0.761 bits per heavy atom. The Morgan fingerprint density at radius 2 is 1.50 bits per heavy atom. The zero-order valence-corrected chi connectivity index (χ0v) is 25.1. The first kappa shape index (κ1) is 27.5. The van der Waals surface area contributed by atoms with E-state index < -0.39 is 15.6 Å². The first-order valence-corrected chi connectivity index (χ1v) is 16.0. The molecule has 224 valence electrons. The van der Waals surface area contributed by atoms with E-state index in [9.17, 15) is 18.0 Å². The van der Waals surface area contributed by atoms with Gasteiger partial charge in [-0.05, 0) is 54.4 Å². The molecule has 0 saturated carbocycles. The van der Waals surface area contributed by atoms with E-state index in [4.69, 9.17) is 4.74 Å². The van der Waals surface area contributed by atoms with Crippen LogP contribution in [0.15, 0.2) is 124 Å². The summed E-state index contributed by atoms with van der Waals surface area (Å²) >= 11 is 0. The monoisotopic (exact) mass is 624 g/mol. The van der Waals surface area contributed by atoms with Crippen LogP contribution in [0.2, 0.25) is 0 Å². The molecule has 2 aliphatic rings. The second kappa shape index (κ2) is 10.3. The maximum absolute atomic E-state index is 14.3. The molecule has 0 saturated heterocycles. The minimum Gasteiger partial charge on any atom is -0.455 e. The van der Waals surface area contributed by atoms with Gasteiger partial charge in [-0.25, -0.2) is 13.4 Å². The van der Waals surface area contributed by atoms with Crippen molar-refractivity contribution < 1.29 is 17.9 Å². The zero-order chi connectivity index (χ0) is 31.6. The fourth-order valence-corrected chi connectivity index (χ4v) is 7.24. The van der Waals surface area contributed by atoms with Crippen molar-refractivity contribution in [3.63, 3.8) is 0 Å². The van der Waals surface area contributed by atoms with Gasteiger partial charge in [-0.3, -0.25) is 14.3 Å². The molecule has 0 atom stereocenters. The molecule has 8 rings (SSSR count). The number of aliphatic imine (C=N–C) groups is 1. The molecule has 46 heavy (non-hydrogen) atoms. The molecule has 2 heterocycles. The highest BCUT2D eigenvalue weighted by atomic mass is 32.2. The number of anilines is 2. The summed E-state index contributed by atoms with van der Waals surface area (Å²) < 4.78 is 35.7. The zero-order valence-electron chi connectivity index (χ0n) is 24.3. The number of rotatable bonds is 5. The van der Waals surface area contributed by atoms with Crippen LogP contribution in [0.1, 0.15) is 27.0 Å². The Labute approximate surface area is 263 Å². The van der Waals surface area contributed by atoms with Gasteiger partial charge in [-0.1, -0.05) is 66.7 Å². The first-order chi connectivity index (χ1) is 22.3. The van der Waals surface area contributed by atoms with E-state index in [0.29, 0.717) is 50.3 Å². The van der Waals surface area contributed by atoms with Crippen LogP contribution in [0.4, 0.5) is 17.1 Å². The Morgan fingerprint density at radius 3 is 2.30 bits per heavy atom. The SMILES string of the molecule is Cc1cccc(Oc2cc(Nc3ccccc3)c3c4c(c(C5=Nc6ccccc6S(=O)(=O)N5)c(=O)[nH]c24)-c2ccccc2C3=O)c1. The fraction of sp³-hybridized carbons (Fsp3) is 0.0278. The van der Waals surface area contributed by atoms with Crippen LogP contribution in [0.3, 0.4) is 0 Å². The number of carbonyl (C=O) groups is 1. The number of ketones is 1. The highest BCUT2D eigenvalue weighted by molar-refractivity contribution is 7.90. The minimum absolute atomic E-state index is 0.00377. The van der Waals surface area contributed by atoms with Crippen molar-refractivity contribution in [2.24, 2.45) is 4.99 Å². The van der Waals surface area contributed by atoms with Crippen LogP contribution in [0.25, 0.3) is 22.0 Å². The van der Waals surface area contributed by atoms with Gasteiger partial charge in [0.05, 0.1) is 28.0 Å². The molecule has 9 nitrogen and oxygen atoms in total. The van der Waals surface area contributed by atoms with Crippen molar-refractivity contribution in [3.05, 3.63) is 142 Å². The molecule has 1 aromatic heterocycles. The standard InChI is InChI=1S/C36H24N4O5S/c1-20-10-9-13-22(18-20)45-27-19-26(37-21-11-3-2-4-12-21)30-31-29(23-14-5-6-15-24(23)34(30)41)32(36(42)39-33(27)31)35-38-25-16-7-8-17-28(25)46(43,44)40-35/h2-19,37H,1H3,(H,38,40)(H,39,42). The number of sulfonamides is 1. The summed E-state index contributed by atoms with van der Waals surface area (Å²) in [7, 11) is -4.05. The number of amidine groups is 1. The molecule has 0 unspecified atom stereocenters. The maximum atomic E-state index is 14.3. The molecule has 1 aliphatic heterocycles. The van der Waals surface area contributed by atoms with Crippen molar-refractivity contribution in [3.8, 4) is 22.6 Å². The molecule has 10 heteroatoms. The summed E-state index contributed by atoms with van der Waals surface area (Å²) in [5.74, 6) is 0.435. The lowest BCUT2D eigenvalue weighted by molar-refractivity contribution is 0.104. The Balaban J connectivity index is 1.49. The molecule has 6 aromatic rings. The van der Waals surface area contributed by atoms with Gasteiger partial charge < -0.3 is 15.0 Å². The smallest absolute Gasteiger partial charge is 0.265 e. The van der Waals surface area contributed by atoms with Gasteiger partial charge in [0, 0.05) is 28.3 Å². The van der Waals surface area contributed by atoms with Gasteiger partial charge in [0.25, 0.3) is 15.6 Å². The van der Waals surface area contributed by atoms with Crippen molar-refractivity contribution in [2.45, 2.75) is 11.8 Å². The van der Waals surface area contributed by atoms with E-state index in [-0.39, 0.29) is 27.8 Å². The number of aromatic nitrogens is 1. The average Bonchev–Trinajstić information content (AvgIpc) is 3.04. The Hall–Kier alpha value is -6.00. The molecular formula is C36H24N4O5S. The lowest BCUT2D eigenvalue weighted by atomic mass is 9.81. The maximum Gasteiger partial charge on any atom is 0.265 e. The van der Waals surface area contributed by atoms with E-state index in [1.54, 1.807) is 54.6 Å². The van der Waals surface area contributed by atoms with Crippen molar-refractivity contribution in [2.75, 3.05) is 5.32 Å². The number of nitrogens with zero attached hydrogens (tertiary/aromatic N) is 1. The fourth-order valence-electron chi connectivity index (χ4n) is 6.08. The third-order valence-electron chi connectivity index (χ3n) is 8.05. The van der Waals surface area contributed by atoms with Gasteiger partial charge in [0.15, 0.2) is 17.4 Å². The minimum atomic E-state index is -4.05. The molecule has 0 amide bonds. The van der Waals surface area contributed by atoms with Crippen LogP contribution in [0, 0.1) is 6.92 Å². The van der Waals surface area contributed by atoms with Crippen LogP contribution in [-0.2, 0) is 10.0 Å². The first-order valence-electron chi connectivity index (χ1n) is 14.5. The number of nitrogens with one attached hydrogen (secondary N) is 3. The number of para-hydroxylation sites is 2. The summed E-state index contributed by atoms with van der Waals surface area (Å²) in [4.78, 5) is 36.0. The van der Waals surface area contributed by atoms with E-state index in [1.807, 2.05) is 55.5 Å². The molecular weight excluding hydrogens is 600 g/mol. The summed E-state index contributed by atoms with van der Waals surface area (Å²) in [6.45, 7) is 1.95. The van der Waals surface area contributed by atoms with Crippen molar-refractivity contribution in [1.29, 1.82) is 0 Å². The summed E-state index contributed by atoms with van der Waals surface area (Å²) in [5.41, 5.74) is 3.57. The van der Waals surface area contributed by atoms with Crippen molar-refractivity contribution in [1.82, 2.24) is 9.71 Å². The number of hydrogen-bond acceptors (Lipinski definition) is 7. The number of hydrogen-bond donors (Lipinski definition) is 3. The van der Waals surface area contributed by atoms with Gasteiger partial charge >= 0.3 is 0 Å².